The fourth-order valence-corrected chi connectivity index (χ4v) is 1.89. The number of benzene rings is 2. The van der Waals surface area contributed by atoms with Gasteiger partial charge >= 0.3 is 0 Å². The summed E-state index contributed by atoms with van der Waals surface area (Å²) in [5.74, 6) is 1.55. The standard InChI is InChI=1S/C15H13N3O2/c1-19-11-7-8-12(13(16)9-11)15-18-17-14(20-15)10-5-3-2-4-6-10/h2-9H,16H2,1H3. The van der Waals surface area contributed by atoms with Gasteiger partial charge in [-0.25, -0.2) is 0 Å². The molecule has 0 amide bonds. The smallest absolute Gasteiger partial charge is 0.250 e. The molecule has 3 rings (SSSR count). The van der Waals surface area contributed by atoms with Gasteiger partial charge in [0.1, 0.15) is 5.75 Å². The molecule has 100 valence electrons. The molecule has 20 heavy (non-hydrogen) atoms. The molecular weight excluding hydrogens is 254 g/mol. The van der Waals surface area contributed by atoms with E-state index in [-0.39, 0.29) is 0 Å². The lowest BCUT2D eigenvalue weighted by molar-refractivity contribution is 0.415. The minimum atomic E-state index is 0.393. The van der Waals surface area contributed by atoms with Crippen molar-refractivity contribution in [1.29, 1.82) is 0 Å². The monoisotopic (exact) mass is 267 g/mol. The van der Waals surface area contributed by atoms with Crippen LogP contribution in [0.1, 0.15) is 0 Å². The molecule has 0 aliphatic rings. The maximum absolute atomic E-state index is 5.97. The van der Waals surface area contributed by atoms with Crippen molar-refractivity contribution in [3.05, 3.63) is 48.5 Å². The highest BCUT2D eigenvalue weighted by molar-refractivity contribution is 5.72. The predicted molar refractivity (Wildman–Crippen MR) is 76.1 cm³/mol. The van der Waals surface area contributed by atoms with Gasteiger partial charge in [0.25, 0.3) is 0 Å². The van der Waals surface area contributed by atoms with E-state index in [0.717, 1.165) is 5.56 Å². The van der Waals surface area contributed by atoms with Crippen LogP contribution in [0.25, 0.3) is 22.9 Å². The highest BCUT2D eigenvalue weighted by Crippen LogP contribution is 2.30. The quantitative estimate of drug-likeness (QED) is 0.738. The molecule has 0 atom stereocenters. The molecule has 2 N–H and O–H groups in total. The van der Waals surface area contributed by atoms with Crippen LogP contribution in [0.15, 0.2) is 52.9 Å². The Morgan fingerprint density at radius 2 is 1.75 bits per heavy atom. The second-order valence-corrected chi connectivity index (χ2v) is 4.23. The summed E-state index contributed by atoms with van der Waals surface area (Å²) < 4.78 is 10.8. The molecule has 0 fully saturated rings. The lowest BCUT2D eigenvalue weighted by Gasteiger charge is -2.04. The molecule has 0 saturated carbocycles. The van der Waals surface area contributed by atoms with Crippen LogP contribution in [0.5, 0.6) is 5.75 Å². The third-order valence-electron chi connectivity index (χ3n) is 2.93. The minimum Gasteiger partial charge on any atom is -0.497 e. The third-order valence-corrected chi connectivity index (χ3v) is 2.93. The molecule has 0 spiro atoms. The van der Waals surface area contributed by atoms with E-state index in [0.29, 0.717) is 28.8 Å². The van der Waals surface area contributed by atoms with Gasteiger partial charge in [0, 0.05) is 17.3 Å². The normalized spacial score (nSPS) is 10.4. The summed E-state index contributed by atoms with van der Waals surface area (Å²) in [4.78, 5) is 0. The summed E-state index contributed by atoms with van der Waals surface area (Å²) in [6.45, 7) is 0. The first-order chi connectivity index (χ1) is 9.78. The third kappa shape index (κ3) is 2.21. The molecular formula is C15H13N3O2. The fraction of sp³-hybridized carbons (Fsp3) is 0.0667. The zero-order chi connectivity index (χ0) is 13.9. The number of hydrogen-bond acceptors (Lipinski definition) is 5. The van der Waals surface area contributed by atoms with Crippen LogP contribution in [-0.4, -0.2) is 17.3 Å². The zero-order valence-electron chi connectivity index (χ0n) is 10.9. The van der Waals surface area contributed by atoms with Gasteiger partial charge in [-0.1, -0.05) is 18.2 Å². The maximum atomic E-state index is 5.97. The van der Waals surface area contributed by atoms with Crippen LogP contribution >= 0.6 is 0 Å². The Bertz CT molecular complexity index is 723. The van der Waals surface area contributed by atoms with Gasteiger partial charge in [-0.3, -0.25) is 0 Å². The Morgan fingerprint density at radius 3 is 2.45 bits per heavy atom. The van der Waals surface area contributed by atoms with Crippen LogP contribution in [0.4, 0.5) is 5.69 Å². The number of rotatable bonds is 3. The van der Waals surface area contributed by atoms with Crippen LogP contribution in [-0.2, 0) is 0 Å². The van der Waals surface area contributed by atoms with Crippen molar-refractivity contribution in [3.8, 4) is 28.7 Å². The summed E-state index contributed by atoms with van der Waals surface area (Å²) in [5.41, 5.74) is 8.07. The number of nitrogen functional groups attached to an aromatic ring is 1. The Labute approximate surface area is 116 Å². The minimum absolute atomic E-state index is 0.393. The van der Waals surface area contributed by atoms with Crippen molar-refractivity contribution >= 4 is 5.69 Å². The van der Waals surface area contributed by atoms with Crippen molar-refractivity contribution in [2.24, 2.45) is 0 Å². The van der Waals surface area contributed by atoms with Crippen LogP contribution < -0.4 is 10.5 Å². The molecule has 3 aromatic rings. The maximum Gasteiger partial charge on any atom is 0.250 e. The van der Waals surface area contributed by atoms with E-state index in [1.165, 1.54) is 0 Å². The fourth-order valence-electron chi connectivity index (χ4n) is 1.89. The van der Waals surface area contributed by atoms with Crippen molar-refractivity contribution in [2.75, 3.05) is 12.8 Å². The van der Waals surface area contributed by atoms with Gasteiger partial charge in [-0.05, 0) is 24.3 Å². The Kier molecular flexibility index (Phi) is 3.09. The highest BCUT2D eigenvalue weighted by atomic mass is 16.5. The lowest BCUT2D eigenvalue weighted by atomic mass is 10.1. The first-order valence-electron chi connectivity index (χ1n) is 6.11. The van der Waals surface area contributed by atoms with Crippen LogP contribution in [0, 0.1) is 0 Å². The van der Waals surface area contributed by atoms with Gasteiger partial charge in [0.05, 0.1) is 12.7 Å². The summed E-state index contributed by atoms with van der Waals surface area (Å²) in [6, 6.07) is 14.9. The average Bonchev–Trinajstić information content (AvgIpc) is 2.97. The lowest BCUT2D eigenvalue weighted by Crippen LogP contribution is -1.92. The molecule has 5 heteroatoms. The second-order valence-electron chi connectivity index (χ2n) is 4.23. The van der Waals surface area contributed by atoms with E-state index >= 15 is 0 Å². The number of ether oxygens (including phenoxy) is 1. The van der Waals surface area contributed by atoms with Crippen molar-refractivity contribution in [3.63, 3.8) is 0 Å². The molecule has 0 unspecified atom stereocenters. The van der Waals surface area contributed by atoms with E-state index < -0.39 is 0 Å². The van der Waals surface area contributed by atoms with E-state index in [1.807, 2.05) is 30.3 Å². The van der Waals surface area contributed by atoms with Crippen LogP contribution in [0.2, 0.25) is 0 Å². The molecule has 0 aliphatic heterocycles. The summed E-state index contributed by atoms with van der Waals surface area (Å²) in [7, 11) is 1.59. The number of nitrogens with zero attached hydrogens (tertiary/aromatic N) is 2. The van der Waals surface area contributed by atoms with Gasteiger partial charge in [-0.15, -0.1) is 10.2 Å². The molecule has 5 nitrogen and oxygen atoms in total. The summed E-state index contributed by atoms with van der Waals surface area (Å²) >= 11 is 0. The van der Waals surface area contributed by atoms with Gasteiger partial charge in [0.15, 0.2) is 0 Å². The summed E-state index contributed by atoms with van der Waals surface area (Å²) in [5, 5.41) is 8.08. The average molecular weight is 267 g/mol. The van der Waals surface area contributed by atoms with Gasteiger partial charge < -0.3 is 14.9 Å². The highest BCUT2D eigenvalue weighted by Gasteiger charge is 2.13. The first-order valence-corrected chi connectivity index (χ1v) is 6.11. The molecule has 0 radical (unpaired) electrons. The number of methoxy groups -OCH3 is 1. The zero-order valence-corrected chi connectivity index (χ0v) is 10.9. The first kappa shape index (κ1) is 12.2. The van der Waals surface area contributed by atoms with Gasteiger partial charge in [-0.2, -0.15) is 0 Å². The van der Waals surface area contributed by atoms with Crippen LogP contribution in [0.3, 0.4) is 0 Å². The number of aromatic nitrogens is 2. The van der Waals surface area contributed by atoms with E-state index in [2.05, 4.69) is 10.2 Å². The molecule has 0 aliphatic carbocycles. The largest absolute Gasteiger partial charge is 0.497 e. The van der Waals surface area contributed by atoms with Crippen molar-refractivity contribution in [2.45, 2.75) is 0 Å². The van der Waals surface area contributed by atoms with E-state index in [4.69, 9.17) is 14.9 Å². The molecule has 2 aromatic carbocycles. The molecule has 0 bridgehead atoms. The molecule has 1 heterocycles. The predicted octanol–water partition coefficient (Wildman–Crippen LogP) is 2.99. The topological polar surface area (TPSA) is 74.2 Å². The Hall–Kier alpha value is -2.82. The molecule has 0 saturated heterocycles. The Balaban J connectivity index is 1.98. The molecule has 1 aromatic heterocycles. The van der Waals surface area contributed by atoms with Crippen molar-refractivity contribution < 1.29 is 9.15 Å². The number of anilines is 1. The SMILES string of the molecule is COc1ccc(-c2nnc(-c3ccccc3)o2)c(N)c1. The second kappa shape index (κ2) is 5.05. The van der Waals surface area contributed by atoms with E-state index in [9.17, 15) is 0 Å². The number of nitrogens with two attached hydrogens (primary N) is 1. The van der Waals surface area contributed by atoms with E-state index in [1.54, 1.807) is 25.3 Å². The van der Waals surface area contributed by atoms with Crippen molar-refractivity contribution in [1.82, 2.24) is 10.2 Å². The Morgan fingerprint density at radius 1 is 1.00 bits per heavy atom. The summed E-state index contributed by atoms with van der Waals surface area (Å²) in [6.07, 6.45) is 0. The number of hydrogen-bond donors (Lipinski definition) is 1. The van der Waals surface area contributed by atoms with Gasteiger partial charge in [0.2, 0.25) is 11.8 Å².